The average molecular weight is 215 g/mol. The minimum absolute atomic E-state index is 0.728. The summed E-state index contributed by atoms with van der Waals surface area (Å²) in [5.41, 5.74) is 0. The van der Waals surface area contributed by atoms with E-state index in [-0.39, 0.29) is 0 Å². The third-order valence-corrected chi connectivity index (χ3v) is 1.09. The Labute approximate surface area is 65.0 Å². The molecule has 0 spiro atoms. The molecular formula is C3H6F5NO2S. The van der Waals surface area contributed by atoms with E-state index in [1.165, 1.54) is 4.40 Å². The second kappa shape index (κ2) is 2.15. The van der Waals surface area contributed by atoms with Crippen molar-refractivity contribution in [2.45, 2.75) is 0 Å². The van der Waals surface area contributed by atoms with Crippen LogP contribution in [0.5, 0.6) is 0 Å². The van der Waals surface area contributed by atoms with Gasteiger partial charge in [-0.25, -0.2) is 0 Å². The van der Waals surface area contributed by atoms with Crippen molar-refractivity contribution in [1.82, 2.24) is 0 Å². The molecule has 0 aliphatic rings. The molecule has 0 aromatic carbocycles. The van der Waals surface area contributed by atoms with E-state index in [4.69, 9.17) is 0 Å². The molecule has 76 valence electrons. The van der Waals surface area contributed by atoms with Crippen molar-refractivity contribution in [3.8, 4) is 0 Å². The van der Waals surface area contributed by atoms with Gasteiger partial charge in [-0.05, 0) is 0 Å². The molecule has 0 N–H and O–H groups in total. The van der Waals surface area contributed by atoms with Gasteiger partial charge in [0.15, 0.2) is 0 Å². The Balaban J connectivity index is 4.98. The molecule has 0 saturated heterocycles. The lowest BCUT2D eigenvalue weighted by molar-refractivity contribution is 0.239. The molecular weight excluding hydrogens is 209 g/mol. The molecule has 3 nitrogen and oxygen atoms in total. The third-order valence-electron chi connectivity index (χ3n) is 0.596. The Morgan fingerprint density at radius 1 is 1.00 bits per heavy atom. The van der Waals surface area contributed by atoms with Crippen LogP contribution in [-0.4, -0.2) is 20.3 Å². The van der Waals surface area contributed by atoms with Crippen LogP contribution >= 0.6 is 10.4 Å². The van der Waals surface area contributed by atoms with Gasteiger partial charge < -0.3 is 9.47 Å². The summed E-state index contributed by atoms with van der Waals surface area (Å²) < 4.78 is 66.2. The fourth-order valence-corrected chi connectivity index (χ4v) is 0.730. The highest BCUT2D eigenvalue weighted by Crippen LogP contribution is 2.99. The molecule has 0 saturated carbocycles. The molecule has 0 rings (SSSR count). The van der Waals surface area contributed by atoms with Crippen LogP contribution in [0.1, 0.15) is 0 Å². The minimum Gasteiger partial charge on any atom is -0.453 e. The largest absolute Gasteiger partial charge is 0.453 e. The molecule has 0 heterocycles. The summed E-state index contributed by atoms with van der Waals surface area (Å²) >= 11 is 0. The van der Waals surface area contributed by atoms with Crippen molar-refractivity contribution >= 4 is 16.5 Å². The third kappa shape index (κ3) is 6.01. The Bertz CT molecular complexity index is 200. The summed E-state index contributed by atoms with van der Waals surface area (Å²) in [6, 6.07) is 0. The van der Waals surface area contributed by atoms with Crippen LogP contribution in [0.2, 0.25) is 0 Å². The van der Waals surface area contributed by atoms with E-state index < -0.39 is 16.5 Å². The van der Waals surface area contributed by atoms with Crippen LogP contribution in [0.25, 0.3) is 0 Å². The van der Waals surface area contributed by atoms with Crippen LogP contribution in [-0.2, 0) is 9.47 Å². The molecule has 0 atom stereocenters. The molecule has 9 heteroatoms. The zero-order valence-electron chi connectivity index (χ0n) is 6.06. The number of nitrogens with zero attached hydrogens (tertiary/aromatic N) is 1. The topological polar surface area (TPSA) is 30.8 Å². The number of hydrogen-bond donors (Lipinski definition) is 0. The summed E-state index contributed by atoms with van der Waals surface area (Å²) in [5, 5.41) is 0. The molecule has 0 unspecified atom stereocenters. The maximum Gasteiger partial charge on any atom is 0.402 e. The number of ether oxygens (including phenoxy) is 2. The van der Waals surface area contributed by atoms with Crippen molar-refractivity contribution in [2.75, 3.05) is 14.2 Å². The summed E-state index contributed by atoms with van der Waals surface area (Å²) in [5.74, 6) is 0. The summed E-state index contributed by atoms with van der Waals surface area (Å²) in [6.07, 6.45) is -1.52. The molecule has 0 aromatic heterocycles. The smallest absolute Gasteiger partial charge is 0.402 e. The minimum atomic E-state index is -9.81. The zero-order valence-corrected chi connectivity index (χ0v) is 6.88. The maximum absolute atomic E-state index is 11.5. The molecule has 0 radical (unpaired) electrons. The van der Waals surface area contributed by atoms with Gasteiger partial charge in [0.25, 0.3) is 0 Å². The zero-order chi connectivity index (χ0) is 10.1. The van der Waals surface area contributed by atoms with E-state index in [1.807, 2.05) is 0 Å². The number of methoxy groups -OCH3 is 2. The Morgan fingerprint density at radius 2 is 1.33 bits per heavy atom. The number of hydrogen-bond acceptors (Lipinski definition) is 3. The van der Waals surface area contributed by atoms with Crippen LogP contribution < -0.4 is 0 Å². The number of halogens is 5. The fourth-order valence-electron chi connectivity index (χ4n) is 0.299. The second-order valence-corrected chi connectivity index (χ2v) is 3.73. The highest BCUT2D eigenvalue weighted by molar-refractivity contribution is 8.44. The molecule has 0 aromatic rings. The fraction of sp³-hybridized carbons (Fsp3) is 0.667. The van der Waals surface area contributed by atoms with Crippen molar-refractivity contribution in [1.29, 1.82) is 0 Å². The SMILES string of the molecule is COC(=NS(F)(F)(F)(F)F)OC. The van der Waals surface area contributed by atoms with E-state index in [9.17, 15) is 19.4 Å². The standard InChI is InChI=1S/C3H6F5NO2S/c1-10-3(11-2)9-12(4,5,6,7)8/h1-2H3. The summed E-state index contributed by atoms with van der Waals surface area (Å²) in [6.45, 7) is 0. The predicted molar refractivity (Wildman–Crippen MR) is 34.6 cm³/mol. The van der Waals surface area contributed by atoms with E-state index in [2.05, 4.69) is 9.47 Å². The van der Waals surface area contributed by atoms with Crippen LogP contribution in [0, 0.1) is 0 Å². The molecule has 0 fully saturated rings. The van der Waals surface area contributed by atoms with Gasteiger partial charge in [0.1, 0.15) is 0 Å². The van der Waals surface area contributed by atoms with Gasteiger partial charge in [0.05, 0.1) is 14.2 Å². The summed E-state index contributed by atoms with van der Waals surface area (Å²) in [4.78, 5) is 0. The highest BCUT2D eigenvalue weighted by atomic mass is 32.5. The van der Waals surface area contributed by atoms with E-state index in [0.29, 0.717) is 0 Å². The first-order valence-corrected chi connectivity index (χ1v) is 4.31. The summed E-state index contributed by atoms with van der Waals surface area (Å²) in [7, 11) is -8.36. The lowest BCUT2D eigenvalue weighted by atomic mass is 11.2. The highest BCUT2D eigenvalue weighted by Gasteiger charge is 2.65. The van der Waals surface area contributed by atoms with E-state index in [0.717, 1.165) is 14.2 Å². The van der Waals surface area contributed by atoms with Crippen molar-refractivity contribution in [2.24, 2.45) is 4.40 Å². The van der Waals surface area contributed by atoms with Gasteiger partial charge in [0, 0.05) is 0 Å². The quantitative estimate of drug-likeness (QED) is 0.382. The van der Waals surface area contributed by atoms with Crippen LogP contribution in [0.4, 0.5) is 19.4 Å². The molecule has 0 aliphatic heterocycles. The molecule has 0 amide bonds. The number of rotatable bonds is 1. The van der Waals surface area contributed by atoms with Gasteiger partial charge in [0.2, 0.25) is 0 Å². The Morgan fingerprint density at radius 3 is 1.42 bits per heavy atom. The van der Waals surface area contributed by atoms with Crippen LogP contribution in [0.15, 0.2) is 4.40 Å². The second-order valence-electron chi connectivity index (χ2n) is 1.69. The first-order chi connectivity index (χ1) is 4.97. The lowest BCUT2D eigenvalue weighted by Crippen LogP contribution is -2.10. The Kier molecular flexibility index (Phi) is 2.02. The van der Waals surface area contributed by atoms with Gasteiger partial charge in [-0.15, -0.1) is 0 Å². The van der Waals surface area contributed by atoms with Crippen molar-refractivity contribution in [3.63, 3.8) is 0 Å². The average Bonchev–Trinajstić information content (AvgIpc) is 1.78. The first kappa shape index (κ1) is 11.3. The van der Waals surface area contributed by atoms with Gasteiger partial charge in [-0.3, -0.25) is 0 Å². The monoisotopic (exact) mass is 215 g/mol. The van der Waals surface area contributed by atoms with Crippen molar-refractivity contribution < 1.29 is 28.9 Å². The van der Waals surface area contributed by atoms with Gasteiger partial charge in [-0.2, -0.15) is 0 Å². The normalized spacial score (nSPS) is 17.2. The Hall–Kier alpha value is -0.730. The van der Waals surface area contributed by atoms with Crippen LogP contribution in [0.3, 0.4) is 0 Å². The van der Waals surface area contributed by atoms with E-state index in [1.54, 1.807) is 0 Å². The molecule has 0 aliphatic carbocycles. The lowest BCUT2D eigenvalue weighted by Gasteiger charge is -2.34. The van der Waals surface area contributed by atoms with Crippen molar-refractivity contribution in [3.05, 3.63) is 0 Å². The molecule has 0 bridgehead atoms. The maximum atomic E-state index is 11.5. The van der Waals surface area contributed by atoms with Gasteiger partial charge in [-0.1, -0.05) is 23.8 Å². The van der Waals surface area contributed by atoms with Gasteiger partial charge >= 0.3 is 16.5 Å². The van der Waals surface area contributed by atoms with E-state index >= 15 is 0 Å². The predicted octanol–water partition coefficient (Wildman–Crippen LogP) is 2.85. The first-order valence-electron chi connectivity index (χ1n) is 2.40. The molecule has 12 heavy (non-hydrogen) atoms.